The Kier molecular flexibility index (Phi) is 6.09. The molecule has 5 nitrogen and oxygen atoms in total. The molecule has 0 bridgehead atoms. The Balaban J connectivity index is 1.35. The molecule has 0 atom stereocenters. The fourth-order valence-corrected chi connectivity index (χ4v) is 4.28. The van der Waals surface area contributed by atoms with Gasteiger partial charge in [0.05, 0.1) is 48.4 Å². The average Bonchev–Trinajstić information content (AvgIpc) is 3.28. The molecule has 0 aliphatic rings. The van der Waals surface area contributed by atoms with Crippen LogP contribution in [-0.4, -0.2) is 9.55 Å². The number of aromatic nitrogens is 2. The predicted octanol–water partition coefficient (Wildman–Crippen LogP) is 6.37. The number of fused-ring (bicyclic) bond motifs is 1. The quantitative estimate of drug-likeness (QED) is 0.299. The third-order valence-corrected chi connectivity index (χ3v) is 6.16. The summed E-state index contributed by atoms with van der Waals surface area (Å²) in [6, 6.07) is 32.1. The van der Waals surface area contributed by atoms with E-state index in [9.17, 15) is 5.26 Å². The molecule has 5 heteroatoms. The van der Waals surface area contributed by atoms with Crippen molar-refractivity contribution in [3.63, 3.8) is 0 Å². The standard InChI is InChI=1S/C30H22N4O/c1-34-26(18-33-30(34)24-12-9-21(16-31)10-13-24)20-35-19-22-11-14-25(17-32)29(15-22)28-8-4-6-23-5-2-3-7-27(23)28/h2-15,18H,19-20H2,1H3. The van der Waals surface area contributed by atoms with E-state index in [2.05, 4.69) is 41.4 Å². The maximum atomic E-state index is 9.72. The molecule has 0 radical (unpaired) electrons. The molecule has 5 rings (SSSR count). The lowest BCUT2D eigenvalue weighted by atomic mass is 9.93. The summed E-state index contributed by atoms with van der Waals surface area (Å²) in [4.78, 5) is 4.54. The zero-order valence-electron chi connectivity index (χ0n) is 19.3. The van der Waals surface area contributed by atoms with Gasteiger partial charge in [-0.3, -0.25) is 0 Å². The molecule has 4 aromatic carbocycles. The van der Waals surface area contributed by atoms with Crippen molar-refractivity contribution in [2.45, 2.75) is 13.2 Å². The fraction of sp³-hybridized carbons (Fsp3) is 0.100. The number of benzene rings is 4. The Morgan fingerprint density at radius 3 is 2.43 bits per heavy atom. The van der Waals surface area contributed by atoms with Crippen LogP contribution < -0.4 is 0 Å². The summed E-state index contributed by atoms with van der Waals surface area (Å²) in [6.45, 7) is 0.824. The first-order valence-electron chi connectivity index (χ1n) is 11.3. The van der Waals surface area contributed by atoms with Gasteiger partial charge in [0.1, 0.15) is 5.82 Å². The van der Waals surface area contributed by atoms with Gasteiger partial charge in [-0.25, -0.2) is 4.98 Å². The third kappa shape index (κ3) is 4.42. The van der Waals surface area contributed by atoms with Crippen LogP contribution in [0.5, 0.6) is 0 Å². The maximum absolute atomic E-state index is 9.72. The van der Waals surface area contributed by atoms with Crippen molar-refractivity contribution < 1.29 is 4.74 Å². The second-order valence-electron chi connectivity index (χ2n) is 8.33. The molecule has 0 aliphatic heterocycles. The van der Waals surface area contributed by atoms with Gasteiger partial charge in [0.2, 0.25) is 0 Å². The Labute approximate surface area is 204 Å². The SMILES string of the molecule is Cn1c(COCc2ccc(C#N)c(-c3cccc4ccccc34)c2)cnc1-c1ccc(C#N)cc1. The number of nitriles is 2. The van der Waals surface area contributed by atoms with Crippen LogP contribution >= 0.6 is 0 Å². The number of hydrogen-bond donors (Lipinski definition) is 0. The summed E-state index contributed by atoms with van der Waals surface area (Å²) in [6.07, 6.45) is 1.81. The molecule has 0 spiro atoms. The molecule has 0 saturated heterocycles. The molecule has 1 heterocycles. The first-order chi connectivity index (χ1) is 17.2. The van der Waals surface area contributed by atoms with E-state index in [1.165, 1.54) is 0 Å². The first kappa shape index (κ1) is 22.1. The highest BCUT2D eigenvalue weighted by Gasteiger charge is 2.12. The van der Waals surface area contributed by atoms with E-state index in [0.717, 1.165) is 44.5 Å². The molecule has 0 amide bonds. The summed E-state index contributed by atoms with van der Waals surface area (Å²) in [5.74, 6) is 0.824. The summed E-state index contributed by atoms with van der Waals surface area (Å²) < 4.78 is 8.04. The van der Waals surface area contributed by atoms with Gasteiger partial charge in [-0.05, 0) is 58.3 Å². The van der Waals surface area contributed by atoms with Crippen molar-refractivity contribution in [2.24, 2.45) is 7.05 Å². The molecule has 168 valence electrons. The zero-order chi connectivity index (χ0) is 24.2. The van der Waals surface area contributed by atoms with Crippen LogP contribution in [0.1, 0.15) is 22.4 Å². The summed E-state index contributed by atoms with van der Waals surface area (Å²) >= 11 is 0. The van der Waals surface area contributed by atoms with Gasteiger partial charge in [-0.15, -0.1) is 0 Å². The Bertz CT molecular complexity index is 1600. The van der Waals surface area contributed by atoms with Crippen molar-refractivity contribution in [3.05, 3.63) is 114 Å². The Hall–Kier alpha value is -4.71. The fourth-order valence-electron chi connectivity index (χ4n) is 4.28. The molecule has 35 heavy (non-hydrogen) atoms. The molecule has 1 aromatic heterocycles. The highest BCUT2D eigenvalue weighted by Crippen LogP contribution is 2.32. The van der Waals surface area contributed by atoms with Crippen LogP contribution in [0.25, 0.3) is 33.3 Å². The molecule has 5 aromatic rings. The molecule has 0 aliphatic carbocycles. The third-order valence-electron chi connectivity index (χ3n) is 6.16. The first-order valence-corrected chi connectivity index (χ1v) is 11.3. The minimum Gasteiger partial charge on any atom is -0.371 e. The zero-order valence-corrected chi connectivity index (χ0v) is 19.3. The van der Waals surface area contributed by atoms with E-state index < -0.39 is 0 Å². The second-order valence-corrected chi connectivity index (χ2v) is 8.33. The van der Waals surface area contributed by atoms with E-state index in [-0.39, 0.29) is 0 Å². The normalized spacial score (nSPS) is 10.7. The van der Waals surface area contributed by atoms with Crippen LogP contribution in [0.15, 0.2) is 91.1 Å². The van der Waals surface area contributed by atoms with Crippen molar-refractivity contribution in [3.8, 4) is 34.7 Å². The second kappa shape index (κ2) is 9.65. The van der Waals surface area contributed by atoms with E-state index in [1.807, 2.05) is 66.3 Å². The van der Waals surface area contributed by atoms with Gasteiger partial charge in [0.15, 0.2) is 0 Å². The van der Waals surface area contributed by atoms with Gasteiger partial charge >= 0.3 is 0 Å². The van der Waals surface area contributed by atoms with Crippen LogP contribution in [0, 0.1) is 22.7 Å². The Morgan fingerprint density at radius 2 is 1.63 bits per heavy atom. The van der Waals surface area contributed by atoms with Gasteiger partial charge in [0.25, 0.3) is 0 Å². The van der Waals surface area contributed by atoms with Crippen LogP contribution in [0.4, 0.5) is 0 Å². The number of rotatable bonds is 6. The lowest BCUT2D eigenvalue weighted by Gasteiger charge is -2.12. The maximum Gasteiger partial charge on any atom is 0.139 e. The summed E-state index contributed by atoms with van der Waals surface area (Å²) in [5.41, 5.74) is 6.12. The lowest BCUT2D eigenvalue weighted by Crippen LogP contribution is -2.02. The van der Waals surface area contributed by atoms with Gasteiger partial charge in [-0.2, -0.15) is 10.5 Å². The molecular formula is C30H22N4O. The molecule has 0 N–H and O–H groups in total. The van der Waals surface area contributed by atoms with Gasteiger partial charge in [-0.1, -0.05) is 48.5 Å². The van der Waals surface area contributed by atoms with Crippen LogP contribution in [0.2, 0.25) is 0 Å². The monoisotopic (exact) mass is 454 g/mol. The lowest BCUT2D eigenvalue weighted by molar-refractivity contribution is 0.103. The highest BCUT2D eigenvalue weighted by molar-refractivity contribution is 5.97. The highest BCUT2D eigenvalue weighted by atomic mass is 16.5. The number of hydrogen-bond acceptors (Lipinski definition) is 4. The molecule has 0 saturated carbocycles. The van der Waals surface area contributed by atoms with Crippen molar-refractivity contribution in [1.82, 2.24) is 9.55 Å². The number of ether oxygens (including phenoxy) is 1. The molecular weight excluding hydrogens is 432 g/mol. The van der Waals surface area contributed by atoms with Crippen LogP contribution in [0.3, 0.4) is 0 Å². The summed E-state index contributed by atoms with van der Waals surface area (Å²) in [7, 11) is 1.96. The van der Waals surface area contributed by atoms with E-state index in [0.29, 0.717) is 24.3 Å². The summed E-state index contributed by atoms with van der Waals surface area (Å²) in [5, 5.41) is 21.0. The van der Waals surface area contributed by atoms with E-state index >= 15 is 0 Å². The van der Waals surface area contributed by atoms with E-state index in [4.69, 9.17) is 10.00 Å². The van der Waals surface area contributed by atoms with Gasteiger partial charge in [0, 0.05) is 18.2 Å². The molecule has 0 unspecified atom stereocenters. The minimum atomic E-state index is 0.406. The average molecular weight is 455 g/mol. The topological polar surface area (TPSA) is 74.6 Å². The van der Waals surface area contributed by atoms with Crippen molar-refractivity contribution >= 4 is 10.8 Å². The smallest absolute Gasteiger partial charge is 0.139 e. The van der Waals surface area contributed by atoms with Crippen molar-refractivity contribution in [1.29, 1.82) is 10.5 Å². The predicted molar refractivity (Wildman–Crippen MR) is 136 cm³/mol. The van der Waals surface area contributed by atoms with Crippen molar-refractivity contribution in [2.75, 3.05) is 0 Å². The number of nitrogens with zero attached hydrogens (tertiary/aromatic N) is 4. The Morgan fingerprint density at radius 1 is 0.829 bits per heavy atom. The van der Waals surface area contributed by atoms with Gasteiger partial charge < -0.3 is 9.30 Å². The minimum absolute atomic E-state index is 0.406. The number of imidazole rings is 1. The largest absolute Gasteiger partial charge is 0.371 e. The molecule has 0 fully saturated rings. The van der Waals surface area contributed by atoms with Crippen LogP contribution in [-0.2, 0) is 25.0 Å². The van der Waals surface area contributed by atoms with E-state index in [1.54, 1.807) is 12.1 Å².